The van der Waals surface area contributed by atoms with Crippen LogP contribution in [-0.2, 0) is 4.79 Å². The normalized spacial score (nSPS) is 10.6. The summed E-state index contributed by atoms with van der Waals surface area (Å²) >= 11 is 0. The highest BCUT2D eigenvalue weighted by Gasteiger charge is 2.12. The predicted molar refractivity (Wildman–Crippen MR) is 106 cm³/mol. The molecule has 2 amide bonds. The molecule has 0 atom stereocenters. The van der Waals surface area contributed by atoms with E-state index in [2.05, 4.69) is 5.32 Å². The largest absolute Gasteiger partial charge is 0.493 e. The van der Waals surface area contributed by atoms with Gasteiger partial charge in [0.1, 0.15) is 11.6 Å². The third kappa shape index (κ3) is 4.89. The highest BCUT2D eigenvalue weighted by molar-refractivity contribution is 6.09. The Kier molecular flexibility index (Phi) is 6.77. The van der Waals surface area contributed by atoms with Crippen molar-refractivity contribution in [3.8, 4) is 17.6 Å². The highest BCUT2D eigenvalue weighted by Crippen LogP contribution is 2.28. The van der Waals surface area contributed by atoms with Crippen molar-refractivity contribution in [1.29, 1.82) is 5.26 Å². The van der Waals surface area contributed by atoms with Crippen molar-refractivity contribution >= 4 is 23.6 Å². The second kappa shape index (κ2) is 9.24. The maximum absolute atomic E-state index is 12.4. The zero-order valence-corrected chi connectivity index (χ0v) is 16.1. The third-order valence-corrected chi connectivity index (χ3v) is 3.88. The minimum atomic E-state index is -0.552. The van der Waals surface area contributed by atoms with Gasteiger partial charge in [0.2, 0.25) is 0 Å². The Morgan fingerprint density at radius 2 is 1.68 bits per heavy atom. The molecule has 2 aromatic carbocycles. The molecule has 0 unspecified atom stereocenters. The van der Waals surface area contributed by atoms with Crippen LogP contribution in [-0.4, -0.2) is 45.0 Å². The van der Waals surface area contributed by atoms with Gasteiger partial charge in [-0.3, -0.25) is 9.59 Å². The van der Waals surface area contributed by atoms with E-state index in [0.717, 1.165) is 0 Å². The fourth-order valence-corrected chi connectivity index (χ4v) is 2.41. The topological polar surface area (TPSA) is 91.7 Å². The van der Waals surface area contributed by atoms with Gasteiger partial charge in [0.15, 0.2) is 11.5 Å². The number of methoxy groups -OCH3 is 2. The molecule has 2 rings (SSSR count). The minimum Gasteiger partial charge on any atom is -0.493 e. The molecular formula is C21H21N3O4. The van der Waals surface area contributed by atoms with Crippen molar-refractivity contribution in [2.75, 3.05) is 33.6 Å². The highest BCUT2D eigenvalue weighted by atomic mass is 16.5. The first kappa shape index (κ1) is 20.5. The molecule has 0 aliphatic heterocycles. The minimum absolute atomic E-state index is 0.0688. The van der Waals surface area contributed by atoms with Crippen LogP contribution < -0.4 is 14.8 Å². The zero-order valence-electron chi connectivity index (χ0n) is 16.1. The summed E-state index contributed by atoms with van der Waals surface area (Å²) in [7, 11) is 6.36. The van der Waals surface area contributed by atoms with E-state index in [9.17, 15) is 14.9 Å². The lowest BCUT2D eigenvalue weighted by atomic mass is 10.1. The van der Waals surface area contributed by atoms with Crippen molar-refractivity contribution in [2.24, 2.45) is 0 Å². The van der Waals surface area contributed by atoms with Crippen LogP contribution in [0, 0.1) is 11.3 Å². The molecule has 0 fully saturated rings. The Morgan fingerprint density at radius 3 is 2.21 bits per heavy atom. The van der Waals surface area contributed by atoms with Gasteiger partial charge in [-0.25, -0.2) is 0 Å². The summed E-state index contributed by atoms with van der Waals surface area (Å²) in [6.07, 6.45) is 1.46. The summed E-state index contributed by atoms with van der Waals surface area (Å²) in [6.45, 7) is 0. The summed E-state index contributed by atoms with van der Waals surface area (Å²) in [4.78, 5) is 25.8. The van der Waals surface area contributed by atoms with Gasteiger partial charge in [-0.2, -0.15) is 5.26 Å². The van der Waals surface area contributed by atoms with Gasteiger partial charge >= 0.3 is 0 Å². The Morgan fingerprint density at radius 1 is 1.04 bits per heavy atom. The third-order valence-electron chi connectivity index (χ3n) is 3.88. The SMILES string of the molecule is COc1ccc(/C=C(\C#N)C(=O)Nc2ccc(C(=O)N(C)C)cc2)cc1OC. The number of amides is 2. The number of benzene rings is 2. The first-order chi connectivity index (χ1) is 13.4. The maximum atomic E-state index is 12.4. The lowest BCUT2D eigenvalue weighted by molar-refractivity contribution is -0.112. The second-order valence-electron chi connectivity index (χ2n) is 6.02. The number of hydrogen-bond donors (Lipinski definition) is 1. The molecule has 1 N–H and O–H groups in total. The molecule has 0 saturated carbocycles. The Balaban J connectivity index is 2.19. The number of nitriles is 1. The standard InChI is InChI=1S/C21H21N3O4/c1-24(2)21(26)15-6-8-17(9-7-15)23-20(25)16(13-22)11-14-5-10-18(27-3)19(12-14)28-4/h5-12H,1-4H3,(H,23,25)/b16-11+. The van der Waals surface area contributed by atoms with Gasteiger partial charge < -0.3 is 19.7 Å². The summed E-state index contributed by atoms with van der Waals surface area (Å²) < 4.78 is 10.4. The number of hydrogen-bond acceptors (Lipinski definition) is 5. The van der Waals surface area contributed by atoms with Crippen molar-refractivity contribution in [3.05, 3.63) is 59.2 Å². The zero-order chi connectivity index (χ0) is 20.7. The van der Waals surface area contributed by atoms with E-state index in [1.54, 1.807) is 56.6 Å². The number of nitrogens with one attached hydrogen (secondary N) is 1. The van der Waals surface area contributed by atoms with Crippen molar-refractivity contribution in [2.45, 2.75) is 0 Å². The Bertz CT molecular complexity index is 941. The average Bonchev–Trinajstić information content (AvgIpc) is 2.71. The lowest BCUT2D eigenvalue weighted by Crippen LogP contribution is -2.21. The lowest BCUT2D eigenvalue weighted by Gasteiger charge is -2.11. The van der Waals surface area contributed by atoms with Crippen LogP contribution in [0.2, 0.25) is 0 Å². The summed E-state index contributed by atoms with van der Waals surface area (Å²) in [6, 6.07) is 13.4. The number of carbonyl (C=O) groups is 2. The van der Waals surface area contributed by atoms with E-state index in [4.69, 9.17) is 9.47 Å². The molecule has 0 bridgehead atoms. The van der Waals surface area contributed by atoms with Crippen LogP contribution in [0.4, 0.5) is 5.69 Å². The van der Waals surface area contributed by atoms with E-state index in [1.165, 1.54) is 25.2 Å². The van der Waals surface area contributed by atoms with E-state index < -0.39 is 5.91 Å². The second-order valence-corrected chi connectivity index (χ2v) is 6.02. The summed E-state index contributed by atoms with van der Waals surface area (Å²) in [5.74, 6) is 0.359. The van der Waals surface area contributed by atoms with Gasteiger partial charge in [-0.1, -0.05) is 6.07 Å². The van der Waals surface area contributed by atoms with Gasteiger partial charge in [0.05, 0.1) is 14.2 Å². The van der Waals surface area contributed by atoms with Gasteiger partial charge in [0, 0.05) is 25.3 Å². The molecule has 144 valence electrons. The molecule has 28 heavy (non-hydrogen) atoms. The Labute approximate surface area is 163 Å². The van der Waals surface area contributed by atoms with Crippen LogP contribution in [0.3, 0.4) is 0 Å². The molecule has 0 radical (unpaired) electrons. The Hall–Kier alpha value is -3.79. The van der Waals surface area contributed by atoms with Crippen molar-refractivity contribution in [1.82, 2.24) is 4.90 Å². The van der Waals surface area contributed by atoms with E-state index in [0.29, 0.717) is 28.3 Å². The van der Waals surface area contributed by atoms with Crippen LogP contribution in [0.15, 0.2) is 48.0 Å². The number of nitrogens with zero attached hydrogens (tertiary/aromatic N) is 2. The fourth-order valence-electron chi connectivity index (χ4n) is 2.41. The molecule has 7 heteroatoms. The first-order valence-electron chi connectivity index (χ1n) is 8.36. The maximum Gasteiger partial charge on any atom is 0.266 e. The first-order valence-corrected chi connectivity index (χ1v) is 8.36. The molecule has 2 aromatic rings. The number of carbonyl (C=O) groups excluding carboxylic acids is 2. The molecular weight excluding hydrogens is 358 g/mol. The molecule has 0 aromatic heterocycles. The molecule has 0 saturated heterocycles. The molecule has 0 aliphatic rings. The van der Waals surface area contributed by atoms with Gasteiger partial charge in [-0.05, 0) is 48.0 Å². The van der Waals surface area contributed by atoms with E-state index >= 15 is 0 Å². The van der Waals surface area contributed by atoms with Crippen molar-refractivity contribution < 1.29 is 19.1 Å². The van der Waals surface area contributed by atoms with E-state index in [1.807, 2.05) is 6.07 Å². The monoisotopic (exact) mass is 379 g/mol. The molecule has 0 heterocycles. The van der Waals surface area contributed by atoms with Crippen LogP contribution in [0.25, 0.3) is 6.08 Å². The van der Waals surface area contributed by atoms with Gasteiger partial charge in [-0.15, -0.1) is 0 Å². The average molecular weight is 379 g/mol. The van der Waals surface area contributed by atoms with Crippen LogP contribution in [0.5, 0.6) is 11.5 Å². The summed E-state index contributed by atoms with van der Waals surface area (Å²) in [5, 5.41) is 12.0. The van der Waals surface area contributed by atoms with E-state index in [-0.39, 0.29) is 11.5 Å². The molecule has 7 nitrogen and oxygen atoms in total. The number of ether oxygens (including phenoxy) is 2. The smallest absolute Gasteiger partial charge is 0.266 e. The van der Waals surface area contributed by atoms with Gasteiger partial charge in [0.25, 0.3) is 11.8 Å². The quantitative estimate of drug-likeness (QED) is 0.615. The molecule has 0 spiro atoms. The summed E-state index contributed by atoms with van der Waals surface area (Å²) in [5.41, 5.74) is 1.54. The predicted octanol–water partition coefficient (Wildman–Crippen LogP) is 2.95. The van der Waals surface area contributed by atoms with Crippen LogP contribution >= 0.6 is 0 Å². The molecule has 0 aliphatic carbocycles. The van der Waals surface area contributed by atoms with Crippen LogP contribution in [0.1, 0.15) is 15.9 Å². The number of rotatable bonds is 6. The number of anilines is 1. The van der Waals surface area contributed by atoms with Crippen molar-refractivity contribution in [3.63, 3.8) is 0 Å². The fraction of sp³-hybridized carbons (Fsp3) is 0.190.